The minimum atomic E-state index is 0.0361. The molecule has 1 atom stereocenters. The van der Waals surface area contributed by atoms with Crippen molar-refractivity contribution in [2.45, 2.75) is 45.2 Å². The van der Waals surface area contributed by atoms with Crippen molar-refractivity contribution in [1.82, 2.24) is 10.3 Å². The van der Waals surface area contributed by atoms with Gasteiger partial charge in [-0.15, -0.1) is 11.3 Å². The van der Waals surface area contributed by atoms with Crippen molar-refractivity contribution in [3.05, 3.63) is 45.4 Å². The Hall–Kier alpha value is -1.43. The van der Waals surface area contributed by atoms with Crippen LogP contribution in [0.2, 0.25) is 0 Å². The van der Waals surface area contributed by atoms with Crippen molar-refractivity contribution in [2.75, 3.05) is 13.2 Å². The topological polar surface area (TPSA) is 54.4 Å². The first kappa shape index (κ1) is 16.4. The molecule has 0 radical (unpaired) electrons. The molecule has 0 spiro atoms. The molecule has 2 N–H and O–H groups in total. The van der Waals surface area contributed by atoms with E-state index in [9.17, 15) is 0 Å². The fourth-order valence-electron chi connectivity index (χ4n) is 3.00. The lowest BCUT2D eigenvalue weighted by molar-refractivity contribution is 0.200. The van der Waals surface area contributed by atoms with Gasteiger partial charge in [0.05, 0.1) is 17.3 Å². The number of nitrogens with zero attached hydrogens (tertiary/aromatic N) is 1. The molecule has 2 aromatic rings. The first-order valence-corrected chi connectivity index (χ1v) is 9.17. The molecule has 1 unspecified atom stereocenters. The Morgan fingerprint density at radius 3 is 3.09 bits per heavy atom. The lowest BCUT2D eigenvalue weighted by atomic mass is 9.98. The summed E-state index contributed by atoms with van der Waals surface area (Å²) in [4.78, 5) is 6.18. The molecule has 1 heterocycles. The second-order valence-corrected chi connectivity index (χ2v) is 6.89. The van der Waals surface area contributed by atoms with E-state index >= 15 is 0 Å². The van der Waals surface area contributed by atoms with Crippen LogP contribution in [0.1, 0.15) is 46.9 Å². The second kappa shape index (κ2) is 7.90. The van der Waals surface area contributed by atoms with E-state index in [-0.39, 0.29) is 6.61 Å². The number of fused-ring (bicyclic) bond motifs is 1. The average Bonchev–Trinajstić information content (AvgIpc) is 3.02. The number of aryl methyl sites for hydroxylation is 2. The molecule has 0 amide bonds. The van der Waals surface area contributed by atoms with Crippen LogP contribution in [0.25, 0.3) is 0 Å². The smallest absolute Gasteiger partial charge is 0.123 e. The van der Waals surface area contributed by atoms with Gasteiger partial charge in [0.2, 0.25) is 0 Å². The van der Waals surface area contributed by atoms with E-state index in [0.29, 0.717) is 12.6 Å². The molecule has 0 saturated heterocycles. The molecular formula is C18H24N2O2S. The first-order valence-electron chi connectivity index (χ1n) is 8.35. The number of rotatable bonds is 7. The number of benzene rings is 1. The molecule has 1 aromatic heterocycles. The van der Waals surface area contributed by atoms with Gasteiger partial charge in [-0.25, -0.2) is 4.98 Å². The highest BCUT2D eigenvalue weighted by Crippen LogP contribution is 2.34. The minimum Gasteiger partial charge on any atom is -0.491 e. The SMILES string of the molecule is CCc1nc2c(s1)C(NCc1ccccc1OCCO)CCC2. The van der Waals surface area contributed by atoms with Gasteiger partial charge in [-0.1, -0.05) is 25.1 Å². The fourth-order valence-corrected chi connectivity index (χ4v) is 4.16. The largest absolute Gasteiger partial charge is 0.491 e. The molecule has 0 bridgehead atoms. The van der Waals surface area contributed by atoms with Gasteiger partial charge in [-0.2, -0.15) is 0 Å². The van der Waals surface area contributed by atoms with Crippen LogP contribution < -0.4 is 10.1 Å². The summed E-state index contributed by atoms with van der Waals surface area (Å²) in [5, 5.41) is 13.9. The van der Waals surface area contributed by atoms with Gasteiger partial charge in [0, 0.05) is 23.0 Å². The molecule has 124 valence electrons. The second-order valence-electron chi connectivity index (χ2n) is 5.78. The molecule has 23 heavy (non-hydrogen) atoms. The normalized spacial score (nSPS) is 17.0. The van der Waals surface area contributed by atoms with E-state index in [1.54, 1.807) is 0 Å². The summed E-state index contributed by atoms with van der Waals surface area (Å²) < 4.78 is 5.62. The lowest BCUT2D eigenvalue weighted by Crippen LogP contribution is -2.24. The fraction of sp³-hybridized carbons (Fsp3) is 0.500. The lowest BCUT2D eigenvalue weighted by Gasteiger charge is -2.23. The number of ether oxygens (including phenoxy) is 1. The molecule has 0 fully saturated rings. The monoisotopic (exact) mass is 332 g/mol. The van der Waals surface area contributed by atoms with Crippen molar-refractivity contribution < 1.29 is 9.84 Å². The average molecular weight is 332 g/mol. The van der Waals surface area contributed by atoms with Crippen molar-refractivity contribution in [2.24, 2.45) is 0 Å². The highest BCUT2D eigenvalue weighted by atomic mass is 32.1. The van der Waals surface area contributed by atoms with Crippen LogP contribution in [-0.4, -0.2) is 23.3 Å². The van der Waals surface area contributed by atoms with Crippen LogP contribution in [0, 0.1) is 0 Å². The summed E-state index contributed by atoms with van der Waals surface area (Å²) >= 11 is 1.86. The summed E-state index contributed by atoms with van der Waals surface area (Å²) in [6, 6.07) is 8.42. The van der Waals surface area contributed by atoms with Crippen LogP contribution >= 0.6 is 11.3 Å². The number of aliphatic hydroxyl groups is 1. The minimum absolute atomic E-state index is 0.0361. The molecule has 5 heteroatoms. The third-order valence-electron chi connectivity index (χ3n) is 4.16. The first-order chi connectivity index (χ1) is 11.3. The summed E-state index contributed by atoms with van der Waals surface area (Å²) in [5.74, 6) is 0.851. The molecular weight excluding hydrogens is 308 g/mol. The number of para-hydroxylation sites is 1. The Morgan fingerprint density at radius 1 is 1.39 bits per heavy atom. The van der Waals surface area contributed by atoms with Gasteiger partial charge >= 0.3 is 0 Å². The van der Waals surface area contributed by atoms with Crippen LogP contribution in [0.5, 0.6) is 5.75 Å². The number of aromatic nitrogens is 1. The van der Waals surface area contributed by atoms with Gasteiger partial charge in [-0.3, -0.25) is 0 Å². The highest BCUT2D eigenvalue weighted by Gasteiger charge is 2.24. The Labute approximate surface area is 141 Å². The Morgan fingerprint density at radius 2 is 2.26 bits per heavy atom. The number of hydrogen-bond acceptors (Lipinski definition) is 5. The third-order valence-corrected chi connectivity index (χ3v) is 5.51. The third kappa shape index (κ3) is 3.91. The van der Waals surface area contributed by atoms with Gasteiger partial charge in [0.25, 0.3) is 0 Å². The van der Waals surface area contributed by atoms with Gasteiger partial charge in [-0.05, 0) is 31.7 Å². The predicted molar refractivity (Wildman–Crippen MR) is 93.0 cm³/mol. The molecule has 1 aliphatic carbocycles. The van der Waals surface area contributed by atoms with E-state index < -0.39 is 0 Å². The van der Waals surface area contributed by atoms with E-state index in [2.05, 4.69) is 18.3 Å². The van der Waals surface area contributed by atoms with Gasteiger partial charge < -0.3 is 15.2 Å². The van der Waals surface area contributed by atoms with Crippen molar-refractivity contribution >= 4 is 11.3 Å². The standard InChI is InChI=1S/C18H24N2O2S/c1-2-17-20-15-8-5-7-14(18(15)23-17)19-12-13-6-3-4-9-16(13)22-11-10-21/h3-4,6,9,14,19,21H,2,5,7-8,10-12H2,1H3. The van der Waals surface area contributed by atoms with E-state index in [1.807, 2.05) is 29.5 Å². The maximum absolute atomic E-state index is 8.94. The zero-order valence-electron chi connectivity index (χ0n) is 13.5. The maximum atomic E-state index is 8.94. The highest BCUT2D eigenvalue weighted by molar-refractivity contribution is 7.11. The predicted octanol–water partition coefficient (Wildman–Crippen LogP) is 3.24. The Kier molecular flexibility index (Phi) is 5.65. The Bertz CT molecular complexity index is 642. The Balaban J connectivity index is 1.69. The van der Waals surface area contributed by atoms with Gasteiger partial charge in [0.1, 0.15) is 12.4 Å². The van der Waals surface area contributed by atoms with Crippen LogP contribution in [0.15, 0.2) is 24.3 Å². The molecule has 1 aliphatic rings. The van der Waals surface area contributed by atoms with Gasteiger partial charge in [0.15, 0.2) is 0 Å². The summed E-state index contributed by atoms with van der Waals surface area (Å²) in [5.41, 5.74) is 2.42. The molecule has 0 saturated carbocycles. The number of aliphatic hydroxyl groups excluding tert-OH is 1. The van der Waals surface area contributed by atoms with Crippen molar-refractivity contribution in [3.8, 4) is 5.75 Å². The van der Waals surface area contributed by atoms with E-state index in [1.165, 1.54) is 22.0 Å². The summed E-state index contributed by atoms with van der Waals surface area (Å²) in [6.07, 6.45) is 4.49. The molecule has 4 nitrogen and oxygen atoms in total. The maximum Gasteiger partial charge on any atom is 0.123 e. The zero-order chi connectivity index (χ0) is 16.1. The van der Waals surface area contributed by atoms with Crippen LogP contribution in [0.3, 0.4) is 0 Å². The molecule has 3 rings (SSSR count). The van der Waals surface area contributed by atoms with Crippen LogP contribution in [0.4, 0.5) is 0 Å². The van der Waals surface area contributed by atoms with Crippen molar-refractivity contribution in [1.29, 1.82) is 0 Å². The van der Waals surface area contributed by atoms with Crippen molar-refractivity contribution in [3.63, 3.8) is 0 Å². The van der Waals surface area contributed by atoms with E-state index in [4.69, 9.17) is 14.8 Å². The van der Waals surface area contributed by atoms with E-state index in [0.717, 1.165) is 37.1 Å². The summed E-state index contributed by atoms with van der Waals surface area (Å²) in [7, 11) is 0. The molecule has 0 aliphatic heterocycles. The summed E-state index contributed by atoms with van der Waals surface area (Å²) in [6.45, 7) is 3.31. The number of thiazole rings is 1. The number of nitrogens with one attached hydrogen (secondary N) is 1. The quantitative estimate of drug-likeness (QED) is 0.817. The van der Waals surface area contributed by atoms with Crippen LogP contribution in [-0.2, 0) is 19.4 Å². The number of hydrogen-bond donors (Lipinski definition) is 2. The molecule has 1 aromatic carbocycles. The zero-order valence-corrected chi connectivity index (χ0v) is 14.4.